The highest BCUT2D eigenvalue weighted by atomic mass is 32.2. The van der Waals surface area contributed by atoms with E-state index in [4.69, 9.17) is 5.11 Å². The average Bonchev–Trinajstić information content (AvgIpc) is 3.31. The molecule has 9 heteroatoms. The smallest absolute Gasteiger partial charge is 0.308 e. The third kappa shape index (κ3) is 4.34. The van der Waals surface area contributed by atoms with E-state index >= 15 is 0 Å². The minimum Gasteiger partial charge on any atom is -0.481 e. The number of carbonyl (C=O) groups is 2. The summed E-state index contributed by atoms with van der Waals surface area (Å²) < 4.78 is 30.4. The third-order valence-electron chi connectivity index (χ3n) is 5.52. The second-order valence-electron chi connectivity index (χ2n) is 8.48. The number of hydrogen-bond acceptors (Lipinski definition) is 4. The highest BCUT2D eigenvalue weighted by Crippen LogP contribution is 2.28. The van der Waals surface area contributed by atoms with Crippen LogP contribution < -0.4 is 9.62 Å². The maximum Gasteiger partial charge on any atom is 0.308 e. The van der Waals surface area contributed by atoms with Gasteiger partial charge in [0.05, 0.1) is 10.8 Å². The monoisotopic (exact) mass is 455 g/mol. The molecule has 2 heterocycles. The van der Waals surface area contributed by atoms with Crippen LogP contribution in [0.25, 0.3) is 10.9 Å². The number of benzene rings is 2. The highest BCUT2D eigenvalue weighted by Gasteiger charge is 2.35. The van der Waals surface area contributed by atoms with Gasteiger partial charge in [0.25, 0.3) is 10.0 Å². The van der Waals surface area contributed by atoms with E-state index in [9.17, 15) is 18.0 Å². The van der Waals surface area contributed by atoms with Crippen LogP contribution in [-0.2, 0) is 26.2 Å². The van der Waals surface area contributed by atoms with Crippen LogP contribution in [0.1, 0.15) is 20.3 Å². The molecule has 2 N–H and O–H groups in total. The van der Waals surface area contributed by atoms with E-state index < -0.39 is 21.9 Å². The molecular formula is C23H25N3O5S. The summed E-state index contributed by atoms with van der Waals surface area (Å²) in [7, 11) is -3.83. The van der Waals surface area contributed by atoms with Crippen LogP contribution >= 0.6 is 0 Å². The lowest BCUT2D eigenvalue weighted by Gasteiger charge is -2.17. The molecule has 1 aliphatic heterocycles. The Morgan fingerprint density at radius 2 is 1.88 bits per heavy atom. The molecular weight excluding hydrogens is 430 g/mol. The van der Waals surface area contributed by atoms with Crippen molar-refractivity contribution >= 4 is 44.2 Å². The van der Waals surface area contributed by atoms with Crippen molar-refractivity contribution < 1.29 is 23.1 Å². The Bertz CT molecular complexity index is 1280. The maximum atomic E-state index is 12.9. The summed E-state index contributed by atoms with van der Waals surface area (Å²) in [6.07, 6.45) is 1.94. The van der Waals surface area contributed by atoms with Gasteiger partial charge in [-0.25, -0.2) is 8.42 Å². The minimum atomic E-state index is -3.83. The number of fused-ring (bicyclic) bond motifs is 1. The summed E-state index contributed by atoms with van der Waals surface area (Å²) in [5.74, 6) is -1.56. The Morgan fingerprint density at radius 1 is 1.16 bits per heavy atom. The second-order valence-corrected chi connectivity index (χ2v) is 10.2. The van der Waals surface area contributed by atoms with Gasteiger partial charge in [0.2, 0.25) is 5.91 Å². The molecule has 168 valence electrons. The normalized spacial score (nSPS) is 16.8. The number of amides is 1. The first kappa shape index (κ1) is 21.9. The fraction of sp³-hybridized carbons (Fsp3) is 0.304. The largest absolute Gasteiger partial charge is 0.481 e. The number of aromatic nitrogens is 1. The Kier molecular flexibility index (Phi) is 5.68. The fourth-order valence-electron chi connectivity index (χ4n) is 3.96. The maximum absolute atomic E-state index is 12.9. The van der Waals surface area contributed by atoms with Gasteiger partial charge in [0.1, 0.15) is 0 Å². The Hall–Kier alpha value is -3.33. The molecule has 1 aliphatic rings. The zero-order valence-corrected chi connectivity index (χ0v) is 18.7. The number of nitrogens with zero attached hydrogens (tertiary/aromatic N) is 2. The summed E-state index contributed by atoms with van der Waals surface area (Å²) in [6.45, 7) is 5.25. The van der Waals surface area contributed by atoms with Gasteiger partial charge < -0.3 is 14.6 Å². The first-order chi connectivity index (χ1) is 15.1. The Balaban J connectivity index is 1.51. The van der Waals surface area contributed by atoms with Crippen molar-refractivity contribution in [1.29, 1.82) is 0 Å². The average molecular weight is 456 g/mol. The summed E-state index contributed by atoms with van der Waals surface area (Å²) in [4.78, 5) is 24.7. The lowest BCUT2D eigenvalue weighted by molar-refractivity contribution is -0.141. The summed E-state index contributed by atoms with van der Waals surface area (Å²) in [5.41, 5.74) is 1.98. The number of anilines is 2. The molecule has 1 aromatic heterocycles. The molecule has 1 amide bonds. The standard InChI is InChI=1S/C23H25N3O5S/c1-15(2)13-25-10-9-16-11-18(3-8-21(16)25)24-32(30,31)20-6-4-19(5-7-20)26-14-17(23(28)29)12-22(26)27/h3-11,15,17,24H,12-14H2,1-2H3,(H,28,29). The predicted octanol–water partition coefficient (Wildman–Crippen LogP) is 3.54. The van der Waals surface area contributed by atoms with Crippen molar-refractivity contribution in [3.05, 3.63) is 54.7 Å². The van der Waals surface area contributed by atoms with Gasteiger partial charge >= 0.3 is 5.97 Å². The van der Waals surface area contributed by atoms with Crippen LogP contribution in [0.4, 0.5) is 11.4 Å². The van der Waals surface area contributed by atoms with Crippen molar-refractivity contribution in [3.8, 4) is 0 Å². The molecule has 3 aromatic rings. The first-order valence-electron chi connectivity index (χ1n) is 10.4. The van der Waals surface area contributed by atoms with Crippen molar-refractivity contribution in [1.82, 2.24) is 4.57 Å². The van der Waals surface area contributed by atoms with Crippen LogP contribution in [-0.4, -0.2) is 36.5 Å². The number of sulfonamides is 1. The van der Waals surface area contributed by atoms with Gasteiger partial charge in [-0.15, -0.1) is 0 Å². The molecule has 8 nitrogen and oxygen atoms in total. The van der Waals surface area contributed by atoms with E-state index in [1.54, 1.807) is 12.1 Å². The molecule has 1 fully saturated rings. The van der Waals surface area contributed by atoms with Gasteiger partial charge in [-0.2, -0.15) is 0 Å². The topological polar surface area (TPSA) is 109 Å². The van der Waals surface area contributed by atoms with Gasteiger partial charge in [0, 0.05) is 48.0 Å². The molecule has 2 aromatic carbocycles. The van der Waals surface area contributed by atoms with Gasteiger partial charge in [-0.3, -0.25) is 14.3 Å². The molecule has 1 atom stereocenters. The van der Waals surface area contributed by atoms with E-state index in [1.807, 2.05) is 18.3 Å². The second kappa shape index (κ2) is 8.31. The van der Waals surface area contributed by atoms with Crippen LogP contribution in [0.2, 0.25) is 0 Å². The number of carbonyl (C=O) groups excluding carboxylic acids is 1. The van der Waals surface area contributed by atoms with E-state index in [1.165, 1.54) is 29.2 Å². The predicted molar refractivity (Wildman–Crippen MR) is 122 cm³/mol. The van der Waals surface area contributed by atoms with E-state index in [-0.39, 0.29) is 23.8 Å². The number of carboxylic acid groups (broad SMARTS) is 1. The zero-order chi connectivity index (χ0) is 23.0. The molecule has 0 aliphatic carbocycles. The van der Waals surface area contributed by atoms with Gasteiger partial charge in [-0.1, -0.05) is 13.8 Å². The highest BCUT2D eigenvalue weighted by molar-refractivity contribution is 7.92. The molecule has 4 rings (SSSR count). The van der Waals surface area contributed by atoms with Gasteiger partial charge in [0.15, 0.2) is 0 Å². The third-order valence-corrected chi connectivity index (χ3v) is 6.92. The summed E-state index contributed by atoms with van der Waals surface area (Å²) in [6, 6.07) is 13.3. The lowest BCUT2D eigenvalue weighted by atomic mass is 10.1. The van der Waals surface area contributed by atoms with Crippen molar-refractivity contribution in [2.75, 3.05) is 16.2 Å². The van der Waals surface area contributed by atoms with E-state index in [0.29, 0.717) is 17.3 Å². The van der Waals surface area contributed by atoms with E-state index in [2.05, 4.69) is 23.1 Å². The molecule has 1 unspecified atom stereocenters. The van der Waals surface area contributed by atoms with Gasteiger partial charge in [-0.05, 0) is 54.4 Å². The first-order valence-corrected chi connectivity index (χ1v) is 11.9. The number of carboxylic acids is 1. The van der Waals surface area contributed by atoms with Crippen LogP contribution in [0, 0.1) is 11.8 Å². The fourth-order valence-corrected chi connectivity index (χ4v) is 5.01. The molecule has 0 radical (unpaired) electrons. The van der Waals surface area contributed by atoms with Crippen LogP contribution in [0.15, 0.2) is 59.6 Å². The van der Waals surface area contributed by atoms with Crippen LogP contribution in [0.3, 0.4) is 0 Å². The Morgan fingerprint density at radius 3 is 2.50 bits per heavy atom. The molecule has 32 heavy (non-hydrogen) atoms. The quantitative estimate of drug-likeness (QED) is 0.566. The minimum absolute atomic E-state index is 0.0557. The number of nitrogens with one attached hydrogen (secondary N) is 1. The Labute approximate surface area is 186 Å². The van der Waals surface area contributed by atoms with Crippen molar-refractivity contribution in [2.45, 2.75) is 31.7 Å². The number of rotatable bonds is 7. The van der Waals surface area contributed by atoms with E-state index in [0.717, 1.165) is 17.4 Å². The molecule has 0 bridgehead atoms. The summed E-state index contributed by atoms with van der Waals surface area (Å²) in [5, 5.41) is 10.1. The SMILES string of the molecule is CC(C)Cn1ccc2cc(NS(=O)(=O)c3ccc(N4CC(C(=O)O)CC4=O)cc3)ccc21. The number of hydrogen-bond donors (Lipinski definition) is 2. The van der Waals surface area contributed by atoms with Crippen molar-refractivity contribution in [2.24, 2.45) is 11.8 Å². The van der Waals surface area contributed by atoms with Crippen LogP contribution in [0.5, 0.6) is 0 Å². The molecule has 0 saturated carbocycles. The molecule has 1 saturated heterocycles. The van der Waals surface area contributed by atoms with Crippen molar-refractivity contribution in [3.63, 3.8) is 0 Å². The summed E-state index contributed by atoms with van der Waals surface area (Å²) >= 11 is 0. The lowest BCUT2D eigenvalue weighted by Crippen LogP contribution is -2.25. The number of aliphatic carboxylic acids is 1. The molecule has 0 spiro atoms. The zero-order valence-electron chi connectivity index (χ0n) is 17.9.